The van der Waals surface area contributed by atoms with E-state index >= 15 is 0 Å². The third-order valence-electron chi connectivity index (χ3n) is 5.09. The molecule has 1 amide bonds. The molecule has 164 valence electrons. The van der Waals surface area contributed by atoms with Crippen LogP contribution in [-0.2, 0) is 6.42 Å². The van der Waals surface area contributed by atoms with Gasteiger partial charge in [0.2, 0.25) is 11.7 Å². The molecule has 2 aromatic heterocycles. The zero-order valence-electron chi connectivity index (χ0n) is 16.9. The second-order valence-electron chi connectivity index (χ2n) is 7.23. The normalized spacial score (nSPS) is 12.1. The van der Waals surface area contributed by atoms with Gasteiger partial charge < -0.3 is 20.6 Å². The van der Waals surface area contributed by atoms with Crippen LogP contribution in [0.3, 0.4) is 0 Å². The maximum Gasteiger partial charge on any atom is 0.248 e. The van der Waals surface area contributed by atoms with Gasteiger partial charge in [0.05, 0.1) is 11.3 Å². The molecule has 0 radical (unpaired) electrons. The van der Waals surface area contributed by atoms with Crippen LogP contribution in [0.4, 0.5) is 10.2 Å². The molecule has 1 atom stereocenters. The zero-order valence-corrected chi connectivity index (χ0v) is 18.4. The molecule has 0 fully saturated rings. The number of nitrogens with two attached hydrogens (primary N) is 2. The Kier molecular flexibility index (Phi) is 5.95. The molecule has 1 unspecified atom stereocenters. The summed E-state index contributed by atoms with van der Waals surface area (Å²) in [4.78, 5) is 15.5. The Hall–Kier alpha value is -3.29. The highest BCUT2D eigenvalue weighted by Crippen LogP contribution is 2.39. The minimum absolute atomic E-state index is 0.111. The number of furan rings is 1. The molecule has 2 heterocycles. The number of anilines is 1. The van der Waals surface area contributed by atoms with Crippen molar-refractivity contribution in [3.63, 3.8) is 0 Å². The van der Waals surface area contributed by atoms with Crippen LogP contribution in [0, 0.1) is 5.82 Å². The predicted molar refractivity (Wildman–Crippen MR) is 122 cm³/mol. The number of nitrogens with zero attached hydrogens (tertiary/aromatic N) is 1. The van der Waals surface area contributed by atoms with Crippen LogP contribution >= 0.6 is 23.2 Å². The number of hydrogen-bond donors (Lipinski definition) is 2. The lowest BCUT2D eigenvalue weighted by molar-refractivity contribution is 0.100. The first-order valence-corrected chi connectivity index (χ1v) is 10.3. The quantitative estimate of drug-likeness (QED) is 0.350. The highest BCUT2D eigenvalue weighted by atomic mass is 35.5. The van der Waals surface area contributed by atoms with E-state index < -0.39 is 17.8 Å². The fourth-order valence-electron chi connectivity index (χ4n) is 3.44. The SMILES string of the molecule is CC(Oc1c(N)ncc2c(Cc3ccc(C(N)=O)cc3)coc12)c1c(Cl)ccc(F)c1Cl. The van der Waals surface area contributed by atoms with Crippen molar-refractivity contribution in [2.24, 2.45) is 5.73 Å². The Morgan fingerprint density at radius 1 is 1.22 bits per heavy atom. The number of carbonyl (C=O) groups is 1. The van der Waals surface area contributed by atoms with Crippen molar-refractivity contribution in [2.45, 2.75) is 19.4 Å². The summed E-state index contributed by atoms with van der Waals surface area (Å²) in [6, 6.07) is 9.56. The number of pyridine rings is 1. The average molecular weight is 474 g/mol. The molecular formula is C23H18Cl2FN3O3. The fourth-order valence-corrected chi connectivity index (χ4v) is 4.12. The third kappa shape index (κ3) is 4.09. The van der Waals surface area contributed by atoms with Crippen LogP contribution in [0.25, 0.3) is 11.0 Å². The number of primary amides is 1. The molecule has 0 saturated heterocycles. The summed E-state index contributed by atoms with van der Waals surface area (Å²) < 4.78 is 25.7. The van der Waals surface area contributed by atoms with E-state index in [1.54, 1.807) is 31.5 Å². The van der Waals surface area contributed by atoms with E-state index in [4.69, 9.17) is 43.8 Å². The van der Waals surface area contributed by atoms with Crippen LogP contribution < -0.4 is 16.2 Å². The molecule has 0 aliphatic carbocycles. The predicted octanol–water partition coefficient (Wildman–Crippen LogP) is 5.69. The molecule has 4 N–H and O–H groups in total. The number of halogens is 3. The molecule has 9 heteroatoms. The first-order valence-electron chi connectivity index (χ1n) is 9.59. The summed E-state index contributed by atoms with van der Waals surface area (Å²) in [6.07, 6.45) is 2.98. The number of carbonyl (C=O) groups excluding carboxylic acids is 1. The maximum absolute atomic E-state index is 13.9. The van der Waals surface area contributed by atoms with Gasteiger partial charge in [0, 0.05) is 39.7 Å². The van der Waals surface area contributed by atoms with E-state index in [0.29, 0.717) is 28.5 Å². The average Bonchev–Trinajstić information content (AvgIpc) is 3.16. The first kappa shape index (κ1) is 21.9. The second-order valence-corrected chi connectivity index (χ2v) is 8.02. The third-order valence-corrected chi connectivity index (χ3v) is 5.81. The van der Waals surface area contributed by atoms with Crippen molar-refractivity contribution in [1.82, 2.24) is 4.98 Å². The van der Waals surface area contributed by atoms with Gasteiger partial charge in [0.15, 0.2) is 11.4 Å². The Morgan fingerprint density at radius 3 is 2.62 bits per heavy atom. The van der Waals surface area contributed by atoms with Crippen molar-refractivity contribution in [3.05, 3.63) is 87.0 Å². The molecule has 0 saturated carbocycles. The van der Waals surface area contributed by atoms with Crippen molar-refractivity contribution >= 4 is 45.9 Å². The summed E-state index contributed by atoms with van der Waals surface area (Å²) in [7, 11) is 0. The molecule has 0 aliphatic rings. The van der Waals surface area contributed by atoms with Crippen LogP contribution in [0.1, 0.15) is 40.1 Å². The van der Waals surface area contributed by atoms with E-state index in [1.165, 1.54) is 12.1 Å². The number of hydrogen-bond acceptors (Lipinski definition) is 5. The van der Waals surface area contributed by atoms with E-state index in [1.807, 2.05) is 12.1 Å². The highest BCUT2D eigenvalue weighted by molar-refractivity contribution is 6.36. The molecule has 0 bridgehead atoms. The van der Waals surface area contributed by atoms with Crippen molar-refractivity contribution in [1.29, 1.82) is 0 Å². The lowest BCUT2D eigenvalue weighted by Crippen LogP contribution is -2.10. The van der Waals surface area contributed by atoms with Crippen LogP contribution in [0.15, 0.2) is 53.3 Å². The summed E-state index contributed by atoms with van der Waals surface area (Å²) in [5, 5.41) is 0.849. The summed E-state index contributed by atoms with van der Waals surface area (Å²) in [5.41, 5.74) is 14.3. The fraction of sp³-hybridized carbons (Fsp3) is 0.130. The van der Waals surface area contributed by atoms with Gasteiger partial charge in [-0.05, 0) is 36.8 Å². The van der Waals surface area contributed by atoms with E-state index in [2.05, 4.69) is 4.98 Å². The number of benzene rings is 2. The van der Waals surface area contributed by atoms with E-state index in [0.717, 1.165) is 11.1 Å². The second kappa shape index (κ2) is 8.68. The van der Waals surface area contributed by atoms with Gasteiger partial charge in [-0.3, -0.25) is 4.79 Å². The topological polar surface area (TPSA) is 104 Å². The van der Waals surface area contributed by atoms with Crippen molar-refractivity contribution < 1.29 is 18.3 Å². The zero-order chi connectivity index (χ0) is 23.0. The van der Waals surface area contributed by atoms with E-state index in [9.17, 15) is 9.18 Å². The smallest absolute Gasteiger partial charge is 0.248 e. The molecule has 32 heavy (non-hydrogen) atoms. The summed E-state index contributed by atoms with van der Waals surface area (Å²) in [5.74, 6) is -0.769. The van der Waals surface area contributed by atoms with Gasteiger partial charge in [-0.25, -0.2) is 9.37 Å². The van der Waals surface area contributed by atoms with Gasteiger partial charge in [-0.15, -0.1) is 0 Å². The van der Waals surface area contributed by atoms with Gasteiger partial charge >= 0.3 is 0 Å². The first-order chi connectivity index (χ1) is 15.3. The lowest BCUT2D eigenvalue weighted by Gasteiger charge is -2.18. The Morgan fingerprint density at radius 2 is 1.94 bits per heavy atom. The molecule has 6 nitrogen and oxygen atoms in total. The molecule has 0 spiro atoms. The number of aromatic nitrogens is 1. The molecule has 0 aliphatic heterocycles. The van der Waals surface area contributed by atoms with Crippen LogP contribution in [-0.4, -0.2) is 10.9 Å². The maximum atomic E-state index is 13.9. The van der Waals surface area contributed by atoms with Gasteiger partial charge in [0.1, 0.15) is 11.9 Å². The largest absolute Gasteiger partial charge is 0.478 e. The Balaban J connectivity index is 1.67. The number of nitrogen functional groups attached to an aromatic ring is 1. The molecular weight excluding hydrogens is 456 g/mol. The molecule has 4 rings (SSSR count). The van der Waals surface area contributed by atoms with Crippen molar-refractivity contribution in [2.75, 3.05) is 5.73 Å². The monoisotopic (exact) mass is 473 g/mol. The van der Waals surface area contributed by atoms with Crippen molar-refractivity contribution in [3.8, 4) is 5.75 Å². The summed E-state index contributed by atoms with van der Waals surface area (Å²) in [6.45, 7) is 1.68. The van der Waals surface area contributed by atoms with Gasteiger partial charge in [-0.1, -0.05) is 35.3 Å². The van der Waals surface area contributed by atoms with E-state index in [-0.39, 0.29) is 21.6 Å². The van der Waals surface area contributed by atoms with Crippen LogP contribution in [0.5, 0.6) is 5.75 Å². The van der Waals surface area contributed by atoms with Crippen LogP contribution in [0.2, 0.25) is 10.0 Å². The summed E-state index contributed by atoms with van der Waals surface area (Å²) >= 11 is 12.3. The highest BCUT2D eigenvalue weighted by Gasteiger charge is 2.23. The minimum Gasteiger partial charge on any atom is -0.478 e. The molecule has 4 aromatic rings. The number of fused-ring (bicyclic) bond motifs is 1. The Bertz CT molecular complexity index is 1320. The number of ether oxygens (including phenoxy) is 1. The number of rotatable bonds is 6. The van der Waals surface area contributed by atoms with Gasteiger partial charge in [0.25, 0.3) is 0 Å². The standard InChI is InChI=1S/C23H18Cl2FN3O3/c1-11(18-16(24)6-7-17(26)19(18)25)32-21-20-15(9-29-22(21)27)14(10-31-20)8-12-2-4-13(5-3-12)23(28)30/h2-7,9-11H,8H2,1H3,(H2,27,29)(H2,28,30). The Labute approximate surface area is 192 Å². The number of amides is 1. The van der Waals surface area contributed by atoms with Gasteiger partial charge in [-0.2, -0.15) is 0 Å². The lowest BCUT2D eigenvalue weighted by atomic mass is 10.0. The molecule has 2 aromatic carbocycles. The minimum atomic E-state index is -0.727.